The Morgan fingerprint density at radius 2 is 0.964 bits per heavy atom. The fourth-order valence-corrected chi connectivity index (χ4v) is 0.302. The van der Waals surface area contributed by atoms with Gasteiger partial charge in [0.1, 0.15) is 12.2 Å². The van der Waals surface area contributed by atoms with Gasteiger partial charge in [-0.15, -0.1) is 0 Å². The van der Waals surface area contributed by atoms with Crippen molar-refractivity contribution in [2.24, 2.45) is 0 Å². The van der Waals surface area contributed by atoms with Crippen molar-refractivity contribution in [1.82, 2.24) is 0 Å². The quantitative estimate of drug-likeness (QED) is 0.177. The minimum atomic E-state index is -0.981. The molecule has 1 unspecified atom stereocenters. The zero-order valence-corrected chi connectivity index (χ0v) is 15.8. The number of carbonyl (C=O) groups is 2. The van der Waals surface area contributed by atoms with Gasteiger partial charge in [-0.25, -0.2) is 9.59 Å². The number of aliphatic hydroxyl groups is 8. The zero-order valence-electron chi connectivity index (χ0n) is 15.8. The molecule has 0 radical (unpaired) electrons. The summed E-state index contributed by atoms with van der Waals surface area (Å²) >= 11 is 0. The van der Waals surface area contributed by atoms with Gasteiger partial charge in [-0.3, -0.25) is 0 Å². The lowest BCUT2D eigenvalue weighted by Gasteiger charge is -1.96. The molecule has 28 heavy (non-hydrogen) atoms. The summed E-state index contributed by atoms with van der Waals surface area (Å²) in [6.07, 6.45) is -0.106. The van der Waals surface area contributed by atoms with Crippen LogP contribution in [0.25, 0.3) is 0 Å². The summed E-state index contributed by atoms with van der Waals surface area (Å²) in [4.78, 5) is 18.5. The fraction of sp³-hybridized carbons (Fsp3) is 0.625. The first-order valence-corrected chi connectivity index (χ1v) is 7.72. The van der Waals surface area contributed by atoms with Gasteiger partial charge in [0.25, 0.3) is 0 Å². The molecule has 0 aromatic rings. The summed E-state index contributed by atoms with van der Waals surface area (Å²) in [5, 5.41) is 79.7. The van der Waals surface area contributed by atoms with Gasteiger partial charge < -0.3 is 51.1 Å². The lowest BCUT2D eigenvalue weighted by Crippen LogP contribution is -2.15. The van der Waals surface area contributed by atoms with Crippen LogP contribution in [0, 0.1) is 0 Å². The normalized spacial score (nSPS) is 9.68. The Morgan fingerprint density at radius 1 is 0.750 bits per heavy atom. The Balaban J connectivity index is -0.0000000789. The highest BCUT2D eigenvalue weighted by Crippen LogP contribution is 1.83. The Morgan fingerprint density at radius 3 is 0.964 bits per heavy atom. The Kier molecular flexibility index (Phi) is 43.2. The van der Waals surface area contributed by atoms with E-state index >= 15 is 0 Å². The van der Waals surface area contributed by atoms with Gasteiger partial charge in [-0.1, -0.05) is 13.2 Å². The van der Waals surface area contributed by atoms with Gasteiger partial charge in [0.05, 0.1) is 32.5 Å². The molecule has 170 valence electrons. The molecule has 1 atom stereocenters. The molecule has 0 aromatic carbocycles. The van der Waals surface area contributed by atoms with Crippen LogP contribution in [0.1, 0.15) is 13.3 Å². The summed E-state index contributed by atoms with van der Waals surface area (Å²) in [6.45, 7) is 6.19. The SMILES string of the molecule is C=CC(=O)O.C=CC(=O)O.CC(O)CCO.OCC(O)CO.OCC(O)CO. The van der Waals surface area contributed by atoms with Crippen molar-refractivity contribution in [3.63, 3.8) is 0 Å². The maximum atomic E-state index is 9.25. The second-order valence-electron chi connectivity index (χ2n) is 4.48. The van der Waals surface area contributed by atoms with Crippen molar-refractivity contribution in [2.75, 3.05) is 33.0 Å². The van der Waals surface area contributed by atoms with Crippen LogP contribution in [0.3, 0.4) is 0 Å². The first-order valence-electron chi connectivity index (χ1n) is 7.72. The number of carboxylic acids is 2. The maximum absolute atomic E-state index is 9.25. The van der Waals surface area contributed by atoms with Gasteiger partial charge in [0.2, 0.25) is 0 Å². The highest BCUT2D eigenvalue weighted by Gasteiger charge is 1.94. The van der Waals surface area contributed by atoms with Crippen LogP contribution in [0.4, 0.5) is 0 Å². The number of hydrogen-bond donors (Lipinski definition) is 10. The summed E-state index contributed by atoms with van der Waals surface area (Å²) in [5.74, 6) is -1.96. The molecule has 0 fully saturated rings. The number of rotatable bonds is 8. The largest absolute Gasteiger partial charge is 0.478 e. The second-order valence-corrected chi connectivity index (χ2v) is 4.48. The molecular weight excluding hydrogens is 384 g/mol. The molecule has 0 aliphatic carbocycles. The molecule has 0 spiro atoms. The van der Waals surface area contributed by atoms with E-state index in [0.717, 1.165) is 12.2 Å². The Bertz CT molecular complexity index is 311. The first kappa shape index (κ1) is 36.9. The van der Waals surface area contributed by atoms with Crippen LogP contribution in [0.5, 0.6) is 0 Å². The number of carboxylic acid groups (broad SMARTS) is 2. The van der Waals surface area contributed by atoms with Gasteiger partial charge >= 0.3 is 11.9 Å². The van der Waals surface area contributed by atoms with E-state index in [9.17, 15) is 9.59 Å². The van der Waals surface area contributed by atoms with Gasteiger partial charge in [-0.05, 0) is 13.3 Å². The molecular formula is C16H34O12. The van der Waals surface area contributed by atoms with Crippen molar-refractivity contribution >= 4 is 11.9 Å². The van der Waals surface area contributed by atoms with Gasteiger partial charge in [0.15, 0.2) is 0 Å². The van der Waals surface area contributed by atoms with E-state index in [1.54, 1.807) is 6.92 Å². The highest BCUT2D eigenvalue weighted by molar-refractivity contribution is 5.79. The van der Waals surface area contributed by atoms with Crippen LogP contribution < -0.4 is 0 Å². The van der Waals surface area contributed by atoms with Gasteiger partial charge in [-0.2, -0.15) is 0 Å². The number of aliphatic carboxylic acids is 2. The predicted molar refractivity (Wildman–Crippen MR) is 99.4 cm³/mol. The molecule has 0 aliphatic heterocycles. The standard InChI is InChI=1S/C4H10O2.2C3H8O3.2C3H4O2/c1-4(6)2-3-5;2*4-1-3(6)2-5;2*1-2-3(4)5/h4-6H,2-3H2,1H3;2*3-6H,1-2H2;2*2H,1H2,(H,4,5). The minimum absolute atomic E-state index is 0.0810. The summed E-state index contributed by atoms with van der Waals surface area (Å²) in [5.41, 5.74) is 0. The molecule has 0 rings (SSSR count). The fourth-order valence-electron chi connectivity index (χ4n) is 0.302. The summed E-state index contributed by atoms with van der Waals surface area (Å²) < 4.78 is 0. The van der Waals surface area contributed by atoms with Crippen LogP contribution in [-0.2, 0) is 9.59 Å². The Hall–Kier alpha value is -1.90. The van der Waals surface area contributed by atoms with Crippen molar-refractivity contribution in [3.05, 3.63) is 25.3 Å². The molecule has 10 N–H and O–H groups in total. The second kappa shape index (κ2) is 32.7. The average molecular weight is 418 g/mol. The van der Waals surface area contributed by atoms with Crippen LogP contribution >= 0.6 is 0 Å². The van der Waals surface area contributed by atoms with E-state index < -0.39 is 24.1 Å². The monoisotopic (exact) mass is 418 g/mol. The van der Waals surface area contributed by atoms with Crippen molar-refractivity contribution in [2.45, 2.75) is 31.7 Å². The van der Waals surface area contributed by atoms with Crippen LogP contribution in [0.2, 0.25) is 0 Å². The van der Waals surface area contributed by atoms with Crippen molar-refractivity contribution in [1.29, 1.82) is 0 Å². The molecule has 0 aliphatic rings. The van der Waals surface area contributed by atoms with E-state index in [-0.39, 0.29) is 39.1 Å². The smallest absolute Gasteiger partial charge is 0.327 e. The lowest BCUT2D eigenvalue weighted by molar-refractivity contribution is -0.132. The minimum Gasteiger partial charge on any atom is -0.478 e. The number of aliphatic hydroxyl groups excluding tert-OH is 8. The number of hydrogen-bond acceptors (Lipinski definition) is 10. The Labute approximate surface area is 163 Å². The third-order valence-corrected chi connectivity index (χ3v) is 1.74. The summed E-state index contributed by atoms with van der Waals surface area (Å²) in [7, 11) is 0. The summed E-state index contributed by atoms with van der Waals surface area (Å²) in [6, 6.07) is 0. The third kappa shape index (κ3) is 74.9. The van der Waals surface area contributed by atoms with E-state index in [0.29, 0.717) is 6.42 Å². The van der Waals surface area contributed by atoms with Gasteiger partial charge in [0, 0.05) is 18.8 Å². The highest BCUT2D eigenvalue weighted by atomic mass is 16.4. The van der Waals surface area contributed by atoms with E-state index in [2.05, 4.69) is 13.2 Å². The van der Waals surface area contributed by atoms with E-state index in [4.69, 9.17) is 51.1 Å². The zero-order chi connectivity index (χ0) is 23.5. The lowest BCUT2D eigenvalue weighted by atomic mass is 10.3. The maximum Gasteiger partial charge on any atom is 0.327 e. The van der Waals surface area contributed by atoms with Crippen LogP contribution in [-0.4, -0.2) is 114 Å². The molecule has 0 amide bonds. The molecule has 0 aromatic heterocycles. The third-order valence-electron chi connectivity index (χ3n) is 1.74. The molecule has 0 saturated carbocycles. The average Bonchev–Trinajstić information content (AvgIpc) is 2.68. The topological polar surface area (TPSA) is 236 Å². The molecule has 12 heteroatoms. The molecule has 0 heterocycles. The predicted octanol–water partition coefficient (Wildman–Crippen LogP) is -3.07. The van der Waals surface area contributed by atoms with E-state index in [1.807, 2.05) is 0 Å². The molecule has 0 bridgehead atoms. The first-order chi connectivity index (χ1) is 12.9. The molecule has 12 nitrogen and oxygen atoms in total. The molecule has 0 saturated heterocycles. The van der Waals surface area contributed by atoms with Crippen molar-refractivity contribution in [3.8, 4) is 0 Å². The van der Waals surface area contributed by atoms with Crippen molar-refractivity contribution < 1.29 is 60.7 Å². The van der Waals surface area contributed by atoms with E-state index in [1.165, 1.54) is 0 Å². The van der Waals surface area contributed by atoms with Crippen LogP contribution in [0.15, 0.2) is 25.3 Å².